The van der Waals surface area contributed by atoms with E-state index in [9.17, 15) is 9.59 Å². The summed E-state index contributed by atoms with van der Waals surface area (Å²) < 4.78 is 5.21. The minimum Gasteiger partial charge on any atom is -0.481 e. The molecule has 7 nitrogen and oxygen atoms in total. The van der Waals surface area contributed by atoms with Crippen LogP contribution in [0.1, 0.15) is 33.6 Å². The van der Waals surface area contributed by atoms with Gasteiger partial charge in [-0.05, 0) is 27.2 Å². The summed E-state index contributed by atoms with van der Waals surface area (Å²) in [5.41, 5.74) is -1.60. The molecule has 1 aliphatic heterocycles. The summed E-state index contributed by atoms with van der Waals surface area (Å²) in [4.78, 5) is 28.8. The van der Waals surface area contributed by atoms with Gasteiger partial charge in [-0.2, -0.15) is 0 Å². The second-order valence-corrected chi connectivity index (χ2v) is 5.52. The third kappa shape index (κ3) is 3.85. The van der Waals surface area contributed by atoms with Gasteiger partial charge in [0, 0.05) is 6.54 Å². The van der Waals surface area contributed by atoms with Crippen LogP contribution in [0.4, 0.5) is 4.79 Å². The molecule has 0 bridgehead atoms. The van der Waals surface area contributed by atoms with Gasteiger partial charge in [0.2, 0.25) is 0 Å². The van der Waals surface area contributed by atoms with E-state index in [0.29, 0.717) is 13.0 Å². The molecule has 1 fully saturated rings. The molecule has 18 heavy (non-hydrogen) atoms. The average Bonchev–Trinajstić information content (AvgIpc) is 2.59. The molecule has 0 aromatic heterocycles. The molecule has 0 saturated carbocycles. The molecule has 104 valence electrons. The predicted molar refractivity (Wildman–Crippen MR) is 62.7 cm³/mol. The van der Waals surface area contributed by atoms with Gasteiger partial charge in [-0.3, -0.25) is 9.63 Å². The van der Waals surface area contributed by atoms with Crippen LogP contribution in [0.15, 0.2) is 0 Å². The largest absolute Gasteiger partial charge is 0.481 e. The molecular weight excluding hydrogens is 240 g/mol. The molecule has 1 rings (SSSR count). The van der Waals surface area contributed by atoms with Crippen LogP contribution in [0.5, 0.6) is 0 Å². The summed E-state index contributed by atoms with van der Waals surface area (Å²) in [5.74, 6) is 4.16. The Morgan fingerprint density at radius 1 is 1.44 bits per heavy atom. The van der Waals surface area contributed by atoms with Crippen molar-refractivity contribution in [1.82, 2.24) is 4.90 Å². The first-order chi connectivity index (χ1) is 8.17. The molecule has 0 aromatic carbocycles. The lowest BCUT2D eigenvalue weighted by Gasteiger charge is -2.27. The predicted octanol–water partition coefficient (Wildman–Crippen LogP) is 0.731. The molecule has 1 saturated heterocycles. The van der Waals surface area contributed by atoms with E-state index < -0.39 is 23.3 Å². The SMILES string of the molecule is CC(C)(C)OC(=O)N1CCC(CC(=O)O)(ON)C1. The van der Waals surface area contributed by atoms with Gasteiger partial charge in [0.1, 0.15) is 11.2 Å². The molecule has 7 heteroatoms. The number of hydrogen-bond donors (Lipinski definition) is 2. The molecular formula is C11H20N2O5. The first kappa shape index (κ1) is 14.7. The van der Waals surface area contributed by atoms with Gasteiger partial charge in [0.15, 0.2) is 0 Å². The average molecular weight is 260 g/mol. The summed E-state index contributed by atoms with van der Waals surface area (Å²) >= 11 is 0. The zero-order valence-electron chi connectivity index (χ0n) is 10.9. The van der Waals surface area contributed by atoms with Crippen molar-refractivity contribution < 1.29 is 24.3 Å². The van der Waals surface area contributed by atoms with Crippen LogP contribution >= 0.6 is 0 Å². The number of rotatable bonds is 3. The van der Waals surface area contributed by atoms with E-state index in [-0.39, 0.29) is 13.0 Å². The summed E-state index contributed by atoms with van der Waals surface area (Å²) in [7, 11) is 0. The lowest BCUT2D eigenvalue weighted by atomic mass is 9.99. The maximum atomic E-state index is 11.8. The van der Waals surface area contributed by atoms with Crippen molar-refractivity contribution in [3.05, 3.63) is 0 Å². The highest BCUT2D eigenvalue weighted by Crippen LogP contribution is 2.28. The Bertz CT molecular complexity index is 339. The van der Waals surface area contributed by atoms with Crippen LogP contribution in [0, 0.1) is 0 Å². The van der Waals surface area contributed by atoms with E-state index >= 15 is 0 Å². The quantitative estimate of drug-likeness (QED) is 0.725. The molecule has 0 radical (unpaired) electrons. The Balaban J connectivity index is 2.64. The fourth-order valence-corrected chi connectivity index (χ4v) is 1.88. The van der Waals surface area contributed by atoms with Crippen molar-refractivity contribution in [3.63, 3.8) is 0 Å². The number of carbonyl (C=O) groups is 2. The van der Waals surface area contributed by atoms with Crippen molar-refractivity contribution in [1.29, 1.82) is 0 Å². The van der Waals surface area contributed by atoms with Crippen LogP contribution in [0.25, 0.3) is 0 Å². The van der Waals surface area contributed by atoms with Crippen LogP contribution in [-0.2, 0) is 14.4 Å². The zero-order valence-corrected chi connectivity index (χ0v) is 10.9. The van der Waals surface area contributed by atoms with Crippen molar-refractivity contribution in [2.75, 3.05) is 13.1 Å². The summed E-state index contributed by atoms with van der Waals surface area (Å²) in [6, 6.07) is 0. The molecule has 0 aliphatic carbocycles. The van der Waals surface area contributed by atoms with E-state index in [0.717, 1.165) is 0 Å². The number of carboxylic acid groups (broad SMARTS) is 1. The molecule has 0 spiro atoms. The number of carboxylic acids is 1. The fourth-order valence-electron chi connectivity index (χ4n) is 1.88. The minimum absolute atomic E-state index is 0.130. The molecule has 0 aromatic rings. The maximum Gasteiger partial charge on any atom is 0.410 e. The summed E-state index contributed by atoms with van der Waals surface area (Å²) in [5, 5.41) is 8.81. The lowest BCUT2D eigenvalue weighted by molar-refractivity contribution is -0.145. The second kappa shape index (κ2) is 5.11. The van der Waals surface area contributed by atoms with E-state index in [1.165, 1.54) is 4.90 Å². The van der Waals surface area contributed by atoms with Crippen LogP contribution in [0.3, 0.4) is 0 Å². The second-order valence-electron chi connectivity index (χ2n) is 5.52. The van der Waals surface area contributed by atoms with Gasteiger partial charge in [-0.25, -0.2) is 10.7 Å². The number of nitrogens with two attached hydrogens (primary N) is 1. The van der Waals surface area contributed by atoms with Crippen molar-refractivity contribution in [2.24, 2.45) is 5.90 Å². The zero-order chi connectivity index (χ0) is 14.0. The Morgan fingerprint density at radius 3 is 2.50 bits per heavy atom. The number of aliphatic carboxylic acids is 1. The Hall–Kier alpha value is -1.34. The summed E-state index contributed by atoms with van der Waals surface area (Å²) in [6.45, 7) is 5.81. The fraction of sp³-hybridized carbons (Fsp3) is 0.818. The molecule has 1 heterocycles. The molecule has 1 amide bonds. The van der Waals surface area contributed by atoms with Crippen LogP contribution < -0.4 is 5.90 Å². The Morgan fingerprint density at radius 2 is 2.06 bits per heavy atom. The van der Waals surface area contributed by atoms with E-state index in [1.54, 1.807) is 20.8 Å². The third-order valence-corrected chi connectivity index (χ3v) is 2.69. The molecule has 1 unspecified atom stereocenters. The van der Waals surface area contributed by atoms with Gasteiger partial charge in [0.05, 0.1) is 13.0 Å². The van der Waals surface area contributed by atoms with E-state index in [2.05, 4.69) is 0 Å². The van der Waals surface area contributed by atoms with Crippen molar-refractivity contribution >= 4 is 12.1 Å². The van der Waals surface area contributed by atoms with Crippen LogP contribution in [0.2, 0.25) is 0 Å². The monoisotopic (exact) mass is 260 g/mol. The lowest BCUT2D eigenvalue weighted by Crippen LogP contribution is -2.43. The van der Waals surface area contributed by atoms with Crippen molar-refractivity contribution in [2.45, 2.75) is 44.8 Å². The summed E-state index contributed by atoms with van der Waals surface area (Å²) in [6.07, 6.45) is -0.329. The molecule has 3 N–H and O–H groups in total. The molecule has 1 atom stereocenters. The molecule has 1 aliphatic rings. The first-order valence-electron chi connectivity index (χ1n) is 5.75. The highest BCUT2D eigenvalue weighted by molar-refractivity contribution is 5.71. The topological polar surface area (TPSA) is 102 Å². The van der Waals surface area contributed by atoms with Gasteiger partial charge >= 0.3 is 12.1 Å². The van der Waals surface area contributed by atoms with Gasteiger partial charge in [-0.1, -0.05) is 0 Å². The van der Waals surface area contributed by atoms with Gasteiger partial charge in [0.25, 0.3) is 0 Å². The van der Waals surface area contributed by atoms with Crippen LogP contribution in [-0.4, -0.2) is 46.4 Å². The number of hydrogen-bond acceptors (Lipinski definition) is 5. The Labute approximate surface area is 106 Å². The van der Waals surface area contributed by atoms with E-state index in [4.69, 9.17) is 20.6 Å². The standard InChI is InChI=1S/C11H20N2O5/c1-10(2,3)17-9(16)13-5-4-11(7-13,18-12)6-8(14)15/h4-7,12H2,1-3H3,(H,14,15). The number of amides is 1. The number of carbonyl (C=O) groups excluding carboxylic acids is 1. The number of likely N-dealkylation sites (tertiary alicyclic amines) is 1. The van der Waals surface area contributed by atoms with Gasteiger partial charge in [-0.15, -0.1) is 0 Å². The van der Waals surface area contributed by atoms with Crippen molar-refractivity contribution in [3.8, 4) is 0 Å². The van der Waals surface area contributed by atoms with Gasteiger partial charge < -0.3 is 14.7 Å². The highest BCUT2D eigenvalue weighted by atomic mass is 16.6. The maximum absolute atomic E-state index is 11.8. The first-order valence-corrected chi connectivity index (χ1v) is 5.75. The third-order valence-electron chi connectivity index (χ3n) is 2.69. The van der Waals surface area contributed by atoms with E-state index in [1.807, 2.05) is 0 Å². The Kier molecular flexibility index (Phi) is 4.18. The number of nitrogens with zero attached hydrogens (tertiary/aromatic N) is 1. The smallest absolute Gasteiger partial charge is 0.410 e. The highest BCUT2D eigenvalue weighted by Gasteiger charge is 2.43. The number of ether oxygens (including phenoxy) is 1. The minimum atomic E-state index is -1.01. The normalized spacial score (nSPS) is 24.1.